The van der Waals surface area contributed by atoms with E-state index in [4.69, 9.17) is 5.73 Å². The minimum atomic E-state index is 0.254. The molecule has 2 N–H and O–H groups in total. The molecule has 0 saturated heterocycles. The summed E-state index contributed by atoms with van der Waals surface area (Å²) in [4.78, 5) is 0. The van der Waals surface area contributed by atoms with Crippen molar-refractivity contribution in [3.8, 4) is 0 Å². The first-order valence-corrected chi connectivity index (χ1v) is 7.00. The maximum Gasteiger partial charge on any atom is 0.00809 e. The molecule has 17 heavy (non-hydrogen) atoms. The molecule has 1 heteroatoms. The van der Waals surface area contributed by atoms with Crippen LogP contribution in [0.1, 0.15) is 50.7 Å². The van der Waals surface area contributed by atoms with Gasteiger partial charge in [0.1, 0.15) is 0 Å². The normalized spacial score (nSPS) is 25.4. The number of hydrogen-bond acceptors (Lipinski definition) is 1. The summed E-state index contributed by atoms with van der Waals surface area (Å²) in [7, 11) is 0. The molecule has 0 heterocycles. The Kier molecular flexibility index (Phi) is 3.88. The second-order valence-electron chi connectivity index (χ2n) is 5.71. The SMILES string of the molecule is CCC(C)CC1(CN)CCCc2ccccc21. The summed E-state index contributed by atoms with van der Waals surface area (Å²) in [5.74, 6) is 0.768. The molecule has 1 nitrogen and oxygen atoms in total. The van der Waals surface area contributed by atoms with Crippen molar-refractivity contribution < 1.29 is 0 Å². The molecule has 0 spiro atoms. The largest absolute Gasteiger partial charge is 0.330 e. The number of aryl methyl sites for hydroxylation is 1. The van der Waals surface area contributed by atoms with Crippen LogP contribution in [0, 0.1) is 5.92 Å². The van der Waals surface area contributed by atoms with Crippen LogP contribution in [0.2, 0.25) is 0 Å². The predicted molar refractivity (Wildman–Crippen MR) is 74.2 cm³/mol. The highest BCUT2D eigenvalue weighted by atomic mass is 14.6. The Hall–Kier alpha value is -0.820. The van der Waals surface area contributed by atoms with Crippen LogP contribution < -0.4 is 5.73 Å². The van der Waals surface area contributed by atoms with Crippen molar-refractivity contribution in [1.29, 1.82) is 0 Å². The molecule has 1 aromatic carbocycles. The lowest BCUT2D eigenvalue weighted by Gasteiger charge is -2.40. The van der Waals surface area contributed by atoms with Crippen LogP contribution >= 0.6 is 0 Å². The molecule has 2 rings (SSSR count). The highest BCUT2D eigenvalue weighted by Gasteiger charge is 2.35. The molecule has 2 unspecified atom stereocenters. The average molecular weight is 231 g/mol. The van der Waals surface area contributed by atoms with E-state index in [1.54, 1.807) is 0 Å². The fourth-order valence-corrected chi connectivity index (χ4v) is 3.33. The van der Waals surface area contributed by atoms with Gasteiger partial charge in [0.05, 0.1) is 0 Å². The summed E-state index contributed by atoms with van der Waals surface area (Å²) in [5, 5.41) is 0. The van der Waals surface area contributed by atoms with E-state index in [2.05, 4.69) is 38.1 Å². The molecule has 1 aromatic rings. The molecule has 0 aromatic heterocycles. The molecule has 0 bridgehead atoms. The molecular formula is C16H25N. The van der Waals surface area contributed by atoms with E-state index in [0.717, 1.165) is 12.5 Å². The fraction of sp³-hybridized carbons (Fsp3) is 0.625. The highest BCUT2D eigenvalue weighted by molar-refractivity contribution is 5.37. The number of benzene rings is 1. The molecule has 94 valence electrons. The van der Waals surface area contributed by atoms with E-state index in [9.17, 15) is 0 Å². The highest BCUT2D eigenvalue weighted by Crippen LogP contribution is 2.41. The maximum atomic E-state index is 6.16. The summed E-state index contributed by atoms with van der Waals surface area (Å²) in [6.07, 6.45) is 6.30. The summed E-state index contributed by atoms with van der Waals surface area (Å²) >= 11 is 0. The van der Waals surface area contributed by atoms with Gasteiger partial charge in [-0.1, -0.05) is 44.5 Å². The second kappa shape index (κ2) is 5.22. The van der Waals surface area contributed by atoms with Gasteiger partial charge in [-0.3, -0.25) is 0 Å². The lowest BCUT2D eigenvalue weighted by atomic mass is 9.65. The van der Waals surface area contributed by atoms with Gasteiger partial charge in [0.25, 0.3) is 0 Å². The first kappa shape index (κ1) is 12.6. The molecule has 1 aliphatic carbocycles. The van der Waals surface area contributed by atoms with E-state index in [-0.39, 0.29) is 5.41 Å². The van der Waals surface area contributed by atoms with Gasteiger partial charge in [-0.25, -0.2) is 0 Å². The summed E-state index contributed by atoms with van der Waals surface area (Å²) in [6.45, 7) is 5.44. The van der Waals surface area contributed by atoms with E-state index in [1.807, 2.05) is 0 Å². The van der Waals surface area contributed by atoms with Crippen LogP contribution in [-0.4, -0.2) is 6.54 Å². The second-order valence-corrected chi connectivity index (χ2v) is 5.71. The molecule has 2 atom stereocenters. The Balaban J connectivity index is 2.35. The van der Waals surface area contributed by atoms with Crippen molar-refractivity contribution in [2.45, 2.75) is 51.4 Å². The van der Waals surface area contributed by atoms with Crippen molar-refractivity contribution in [2.24, 2.45) is 11.7 Å². The van der Waals surface area contributed by atoms with E-state index < -0.39 is 0 Å². The number of nitrogens with two attached hydrogens (primary N) is 1. The molecule has 0 radical (unpaired) electrons. The van der Waals surface area contributed by atoms with Crippen LogP contribution in [0.15, 0.2) is 24.3 Å². The first-order chi connectivity index (χ1) is 8.22. The van der Waals surface area contributed by atoms with Gasteiger partial charge in [-0.2, -0.15) is 0 Å². The Labute approximate surface area is 105 Å². The zero-order chi connectivity index (χ0) is 12.3. The van der Waals surface area contributed by atoms with E-state index in [1.165, 1.54) is 43.2 Å². The molecule has 0 fully saturated rings. The van der Waals surface area contributed by atoms with Crippen LogP contribution in [0.25, 0.3) is 0 Å². The van der Waals surface area contributed by atoms with Gasteiger partial charge in [-0.15, -0.1) is 0 Å². The lowest BCUT2D eigenvalue weighted by molar-refractivity contribution is 0.288. The molecule has 0 saturated carbocycles. The predicted octanol–water partition coefficient (Wildman–Crippen LogP) is 3.66. The number of rotatable bonds is 4. The van der Waals surface area contributed by atoms with Crippen LogP contribution in [0.5, 0.6) is 0 Å². The van der Waals surface area contributed by atoms with E-state index >= 15 is 0 Å². The first-order valence-electron chi connectivity index (χ1n) is 7.00. The quantitative estimate of drug-likeness (QED) is 0.841. The third-order valence-electron chi connectivity index (χ3n) is 4.52. The Morgan fingerprint density at radius 3 is 2.82 bits per heavy atom. The van der Waals surface area contributed by atoms with E-state index in [0.29, 0.717) is 0 Å². The van der Waals surface area contributed by atoms with Gasteiger partial charge in [0.15, 0.2) is 0 Å². The van der Waals surface area contributed by atoms with Crippen LogP contribution in [0.4, 0.5) is 0 Å². The topological polar surface area (TPSA) is 26.0 Å². The Morgan fingerprint density at radius 1 is 1.35 bits per heavy atom. The third-order valence-corrected chi connectivity index (χ3v) is 4.52. The van der Waals surface area contributed by atoms with Crippen molar-refractivity contribution in [3.63, 3.8) is 0 Å². The minimum absolute atomic E-state index is 0.254. The zero-order valence-electron chi connectivity index (χ0n) is 11.2. The maximum absolute atomic E-state index is 6.16. The molecule has 0 amide bonds. The Morgan fingerprint density at radius 2 is 2.12 bits per heavy atom. The smallest absolute Gasteiger partial charge is 0.00809 e. The van der Waals surface area contributed by atoms with Gasteiger partial charge in [0.2, 0.25) is 0 Å². The van der Waals surface area contributed by atoms with Gasteiger partial charge >= 0.3 is 0 Å². The number of fused-ring (bicyclic) bond motifs is 1. The minimum Gasteiger partial charge on any atom is -0.330 e. The monoisotopic (exact) mass is 231 g/mol. The molecule has 1 aliphatic rings. The lowest BCUT2D eigenvalue weighted by Crippen LogP contribution is -2.39. The van der Waals surface area contributed by atoms with Gasteiger partial charge in [-0.05, 0) is 42.7 Å². The summed E-state index contributed by atoms with van der Waals surface area (Å²) < 4.78 is 0. The van der Waals surface area contributed by atoms with Crippen LogP contribution in [0.3, 0.4) is 0 Å². The molecular weight excluding hydrogens is 206 g/mol. The van der Waals surface area contributed by atoms with Gasteiger partial charge in [0, 0.05) is 12.0 Å². The van der Waals surface area contributed by atoms with Crippen molar-refractivity contribution in [2.75, 3.05) is 6.54 Å². The average Bonchev–Trinajstić information content (AvgIpc) is 2.39. The van der Waals surface area contributed by atoms with Crippen molar-refractivity contribution >= 4 is 0 Å². The Bertz CT molecular complexity index is 372. The number of hydrogen-bond donors (Lipinski definition) is 1. The zero-order valence-corrected chi connectivity index (χ0v) is 11.2. The fourth-order valence-electron chi connectivity index (χ4n) is 3.33. The van der Waals surface area contributed by atoms with Crippen LogP contribution in [-0.2, 0) is 11.8 Å². The van der Waals surface area contributed by atoms with Crippen molar-refractivity contribution in [1.82, 2.24) is 0 Å². The third kappa shape index (κ3) is 2.40. The van der Waals surface area contributed by atoms with Gasteiger partial charge < -0.3 is 5.73 Å². The van der Waals surface area contributed by atoms with Crippen molar-refractivity contribution in [3.05, 3.63) is 35.4 Å². The summed E-state index contributed by atoms with van der Waals surface area (Å²) in [6, 6.07) is 8.93. The summed E-state index contributed by atoms with van der Waals surface area (Å²) in [5.41, 5.74) is 9.48. The standard InChI is InChI=1S/C16H25N/c1-3-13(2)11-16(12-17)10-6-8-14-7-4-5-9-15(14)16/h4-5,7,9,13H,3,6,8,10-12,17H2,1-2H3. The molecule has 0 aliphatic heterocycles.